The van der Waals surface area contributed by atoms with E-state index in [0.717, 1.165) is 11.4 Å². The highest BCUT2D eigenvalue weighted by Gasteiger charge is 2.10. The van der Waals surface area contributed by atoms with Crippen LogP contribution in [-0.4, -0.2) is 100 Å². The Bertz CT molecular complexity index is 501. The summed E-state index contributed by atoms with van der Waals surface area (Å²) in [6, 6.07) is 8.01. The maximum atomic E-state index is 9.30. The highest BCUT2D eigenvalue weighted by Crippen LogP contribution is 2.21. The van der Waals surface area contributed by atoms with Crippen molar-refractivity contribution in [2.75, 3.05) is 83.2 Å². The van der Waals surface area contributed by atoms with Gasteiger partial charge in [-0.1, -0.05) is 5.23 Å². The summed E-state index contributed by atoms with van der Waals surface area (Å²) in [5.41, 5.74) is 2.00. The minimum atomic E-state index is -0.497. The van der Waals surface area contributed by atoms with E-state index in [-0.39, 0.29) is 13.2 Å². The van der Waals surface area contributed by atoms with Crippen molar-refractivity contribution in [3.8, 4) is 0 Å². The Morgan fingerprint density at radius 2 is 1.46 bits per heavy atom. The van der Waals surface area contributed by atoms with Crippen molar-refractivity contribution in [3.05, 3.63) is 24.3 Å². The SMILES string of the molecule is COCCN(CCO)c1ccc(N(CCOCC(C)O)CCON(C)O)cc1. The number of aliphatic hydroxyl groups is 2. The number of hydroxylamine groups is 2. The predicted octanol–water partition coefficient (Wildman–Crippen LogP) is 0.588. The van der Waals surface area contributed by atoms with E-state index in [2.05, 4.69) is 9.80 Å². The lowest BCUT2D eigenvalue weighted by molar-refractivity contribution is -0.321. The van der Waals surface area contributed by atoms with Crippen molar-refractivity contribution in [1.29, 1.82) is 0 Å². The average Bonchev–Trinajstić information content (AvgIpc) is 2.67. The van der Waals surface area contributed by atoms with Gasteiger partial charge in [0.25, 0.3) is 0 Å². The Kier molecular flexibility index (Phi) is 12.8. The molecule has 0 radical (unpaired) electrons. The van der Waals surface area contributed by atoms with Gasteiger partial charge in [-0.15, -0.1) is 0 Å². The summed E-state index contributed by atoms with van der Waals surface area (Å²) in [5.74, 6) is 0. The first-order chi connectivity index (χ1) is 13.5. The summed E-state index contributed by atoms with van der Waals surface area (Å²) in [6.45, 7) is 5.83. The molecule has 9 nitrogen and oxygen atoms in total. The minimum absolute atomic E-state index is 0.0736. The topological polar surface area (TPSA) is 98.1 Å². The van der Waals surface area contributed by atoms with Gasteiger partial charge in [0, 0.05) is 51.7 Å². The zero-order chi connectivity index (χ0) is 20.8. The third-order valence-electron chi connectivity index (χ3n) is 4.02. The van der Waals surface area contributed by atoms with Crippen LogP contribution in [0.25, 0.3) is 0 Å². The van der Waals surface area contributed by atoms with Crippen molar-refractivity contribution in [2.45, 2.75) is 13.0 Å². The Labute approximate surface area is 167 Å². The fourth-order valence-corrected chi connectivity index (χ4v) is 2.65. The molecule has 0 heterocycles. The van der Waals surface area contributed by atoms with Crippen LogP contribution in [0.4, 0.5) is 11.4 Å². The van der Waals surface area contributed by atoms with E-state index in [1.54, 1.807) is 14.0 Å². The molecule has 9 heteroatoms. The molecule has 0 aliphatic rings. The monoisotopic (exact) mass is 401 g/mol. The molecule has 0 aliphatic heterocycles. The lowest BCUT2D eigenvalue weighted by atomic mass is 10.2. The Morgan fingerprint density at radius 1 is 0.929 bits per heavy atom. The lowest BCUT2D eigenvalue weighted by Gasteiger charge is -2.27. The van der Waals surface area contributed by atoms with Gasteiger partial charge >= 0.3 is 0 Å². The lowest BCUT2D eigenvalue weighted by Crippen LogP contribution is -2.33. The number of hydrogen-bond acceptors (Lipinski definition) is 9. The van der Waals surface area contributed by atoms with Crippen molar-refractivity contribution in [3.63, 3.8) is 0 Å². The van der Waals surface area contributed by atoms with Crippen LogP contribution < -0.4 is 9.80 Å². The molecule has 1 rings (SSSR count). The second-order valence-corrected chi connectivity index (χ2v) is 6.43. The molecule has 3 N–H and O–H groups in total. The Morgan fingerprint density at radius 3 is 1.96 bits per heavy atom. The van der Waals surface area contributed by atoms with Crippen LogP contribution in [0, 0.1) is 0 Å². The summed E-state index contributed by atoms with van der Waals surface area (Å²) in [6.07, 6.45) is -0.497. The van der Waals surface area contributed by atoms with Gasteiger partial charge in [-0.25, -0.2) is 0 Å². The molecule has 0 aromatic heterocycles. The standard InChI is InChI=1S/C19H35N3O6/c1-17(24)16-27-14-10-22(11-15-28-20(2)25)19-6-4-18(5-7-19)21(8-12-23)9-13-26-3/h4-7,17,23-25H,8-16H2,1-3H3. The predicted molar refractivity (Wildman–Crippen MR) is 108 cm³/mol. The van der Waals surface area contributed by atoms with E-state index in [4.69, 9.17) is 19.5 Å². The van der Waals surface area contributed by atoms with Gasteiger partial charge in [0.15, 0.2) is 0 Å². The normalized spacial score (nSPS) is 12.4. The van der Waals surface area contributed by atoms with Gasteiger partial charge in [0.1, 0.15) is 0 Å². The van der Waals surface area contributed by atoms with E-state index in [9.17, 15) is 10.2 Å². The number of nitrogens with zero attached hydrogens (tertiary/aromatic N) is 3. The van der Waals surface area contributed by atoms with Gasteiger partial charge in [-0.3, -0.25) is 10.0 Å². The summed E-state index contributed by atoms with van der Waals surface area (Å²) in [4.78, 5) is 9.24. The van der Waals surface area contributed by atoms with Crippen molar-refractivity contribution in [2.24, 2.45) is 0 Å². The van der Waals surface area contributed by atoms with Gasteiger partial charge in [-0.2, -0.15) is 0 Å². The first-order valence-electron chi connectivity index (χ1n) is 9.49. The van der Waals surface area contributed by atoms with E-state index >= 15 is 0 Å². The molecule has 0 amide bonds. The van der Waals surface area contributed by atoms with Crippen LogP contribution in [-0.2, 0) is 14.3 Å². The number of ether oxygens (including phenoxy) is 2. The second kappa shape index (κ2) is 14.5. The molecule has 0 spiro atoms. The first-order valence-corrected chi connectivity index (χ1v) is 9.49. The molecule has 0 bridgehead atoms. The van der Waals surface area contributed by atoms with Gasteiger partial charge in [0.05, 0.1) is 39.1 Å². The van der Waals surface area contributed by atoms with Crippen LogP contribution in [0.1, 0.15) is 6.92 Å². The average molecular weight is 402 g/mol. The van der Waals surface area contributed by atoms with E-state index in [1.165, 1.54) is 7.05 Å². The number of aliphatic hydroxyl groups excluding tert-OH is 2. The third-order valence-corrected chi connectivity index (χ3v) is 4.02. The van der Waals surface area contributed by atoms with Crippen LogP contribution in [0.5, 0.6) is 0 Å². The first kappa shape index (κ1) is 24.6. The van der Waals surface area contributed by atoms with E-state index in [1.807, 2.05) is 24.3 Å². The van der Waals surface area contributed by atoms with Crippen LogP contribution >= 0.6 is 0 Å². The molecule has 0 aliphatic carbocycles. The summed E-state index contributed by atoms with van der Waals surface area (Å²) in [5, 5.41) is 28.4. The number of rotatable bonds is 16. The van der Waals surface area contributed by atoms with Gasteiger partial charge in [-0.05, 0) is 31.2 Å². The van der Waals surface area contributed by atoms with Crippen LogP contribution in [0.15, 0.2) is 24.3 Å². The number of methoxy groups -OCH3 is 1. The largest absolute Gasteiger partial charge is 0.395 e. The number of benzene rings is 1. The maximum Gasteiger partial charge on any atom is 0.0886 e. The highest BCUT2D eigenvalue weighted by molar-refractivity contribution is 5.56. The third kappa shape index (κ3) is 10.2. The second-order valence-electron chi connectivity index (χ2n) is 6.43. The molecule has 1 unspecified atom stereocenters. The molecular formula is C19H35N3O6. The van der Waals surface area contributed by atoms with Crippen molar-refractivity contribution < 1.29 is 29.7 Å². The molecule has 0 saturated carbocycles. The van der Waals surface area contributed by atoms with Crippen molar-refractivity contribution in [1.82, 2.24) is 5.23 Å². The minimum Gasteiger partial charge on any atom is -0.395 e. The molecule has 0 fully saturated rings. The molecular weight excluding hydrogens is 366 g/mol. The number of anilines is 2. The van der Waals surface area contributed by atoms with Crippen LogP contribution in [0.2, 0.25) is 0 Å². The van der Waals surface area contributed by atoms with Gasteiger partial charge < -0.3 is 29.5 Å². The fourth-order valence-electron chi connectivity index (χ4n) is 2.65. The molecule has 0 saturated heterocycles. The van der Waals surface area contributed by atoms with E-state index < -0.39 is 6.10 Å². The highest BCUT2D eigenvalue weighted by atomic mass is 16.9. The molecule has 1 aromatic carbocycles. The summed E-state index contributed by atoms with van der Waals surface area (Å²) >= 11 is 0. The quantitative estimate of drug-likeness (QED) is 0.271. The molecule has 1 aromatic rings. The summed E-state index contributed by atoms with van der Waals surface area (Å²) < 4.78 is 10.6. The Balaban J connectivity index is 2.74. The smallest absolute Gasteiger partial charge is 0.0886 e. The van der Waals surface area contributed by atoms with Crippen molar-refractivity contribution >= 4 is 11.4 Å². The fraction of sp³-hybridized carbons (Fsp3) is 0.684. The molecule has 162 valence electrons. The maximum absolute atomic E-state index is 9.30. The van der Waals surface area contributed by atoms with E-state index in [0.29, 0.717) is 51.2 Å². The zero-order valence-corrected chi connectivity index (χ0v) is 17.2. The Hall–Kier alpha value is -1.46. The molecule has 28 heavy (non-hydrogen) atoms. The van der Waals surface area contributed by atoms with Crippen LogP contribution in [0.3, 0.4) is 0 Å². The molecule has 1 atom stereocenters. The zero-order valence-electron chi connectivity index (χ0n) is 17.2. The number of hydrogen-bond donors (Lipinski definition) is 3. The van der Waals surface area contributed by atoms with Gasteiger partial charge in [0.2, 0.25) is 0 Å². The summed E-state index contributed by atoms with van der Waals surface area (Å²) in [7, 11) is 3.07.